The summed E-state index contributed by atoms with van der Waals surface area (Å²) in [6, 6.07) is 77.6. The number of para-hydroxylation sites is 10. The van der Waals surface area contributed by atoms with Crippen molar-refractivity contribution in [3.8, 4) is 34.4 Å². The minimum Gasteiger partial charge on any atom is -0.294 e. The van der Waals surface area contributed by atoms with Crippen LogP contribution >= 0.6 is 0 Å². The van der Waals surface area contributed by atoms with Gasteiger partial charge in [-0.15, -0.1) is 0 Å². The molecule has 0 bridgehead atoms. The molecule has 0 fully saturated rings. The quantitative estimate of drug-likeness (QED) is 0.173. The van der Waals surface area contributed by atoms with Crippen molar-refractivity contribution < 1.29 is 0 Å². The van der Waals surface area contributed by atoms with Crippen LogP contribution in [0.5, 0.6) is 0 Å². The molecule has 0 saturated carbocycles. The van der Waals surface area contributed by atoms with E-state index in [0.717, 1.165) is 95.3 Å². The fourth-order valence-electron chi connectivity index (χ4n) is 10.9. The van der Waals surface area contributed by atoms with Crippen LogP contribution in [-0.2, 0) is 0 Å². The minimum atomic E-state index is 0.758. The van der Waals surface area contributed by atoms with Crippen LogP contribution in [0.4, 0.5) is 0 Å². The molecule has 0 atom stereocenters. The number of imidazole rings is 2. The zero-order valence-corrected chi connectivity index (χ0v) is 35.9. The van der Waals surface area contributed by atoms with Crippen LogP contribution in [0.1, 0.15) is 0 Å². The van der Waals surface area contributed by atoms with Crippen molar-refractivity contribution in [2.24, 2.45) is 0 Å². The van der Waals surface area contributed by atoms with Crippen LogP contribution in [0, 0.1) is 0 Å². The van der Waals surface area contributed by atoms with E-state index in [4.69, 9.17) is 15.0 Å². The van der Waals surface area contributed by atoms with Gasteiger partial charge in [0.2, 0.25) is 5.78 Å². The Morgan fingerprint density at radius 1 is 0.269 bits per heavy atom. The summed E-state index contributed by atoms with van der Waals surface area (Å²) in [5.74, 6) is 3.96. The Balaban J connectivity index is 1.10. The maximum Gasteiger partial charge on any atom is 0.221 e. The van der Waals surface area contributed by atoms with E-state index in [-0.39, 0.29) is 0 Å². The fraction of sp³-hybridized carbons (Fsp3) is 0. The van der Waals surface area contributed by atoms with Gasteiger partial charge in [0, 0.05) is 37.9 Å². The van der Waals surface area contributed by atoms with Crippen molar-refractivity contribution in [3.63, 3.8) is 0 Å². The standard InChI is InChI=1S/C59H36N8/c1-8-24-46-39(17-1)40-18-2-9-25-47(40)63(46)55-34-33-38(58(62-55)67-54-32-16-15-31-53(54)66-52-30-14-7-23-45(52)60-59(66)67)37-35-56(64-48-26-10-3-19-41(48)42-20-4-11-27-49(42)64)61-57(36-37)65-50-28-12-5-21-43(50)44-22-6-13-29-51(44)65/h1-36H. The molecule has 15 rings (SSSR count). The Morgan fingerprint density at radius 3 is 1.10 bits per heavy atom. The lowest BCUT2D eigenvalue weighted by Crippen LogP contribution is -2.08. The Kier molecular flexibility index (Phi) is 7.34. The number of hydrogen-bond donors (Lipinski definition) is 0. The first-order chi connectivity index (χ1) is 33.3. The van der Waals surface area contributed by atoms with Gasteiger partial charge in [0.05, 0.1) is 55.2 Å². The molecule has 8 nitrogen and oxygen atoms in total. The average Bonchev–Trinajstić information content (AvgIpc) is 4.18. The lowest BCUT2D eigenvalue weighted by atomic mass is 10.1. The molecule has 0 unspecified atom stereocenters. The molecular formula is C59H36N8. The predicted molar refractivity (Wildman–Crippen MR) is 274 cm³/mol. The summed E-state index contributed by atoms with van der Waals surface area (Å²) in [6.45, 7) is 0. The van der Waals surface area contributed by atoms with E-state index in [0.29, 0.717) is 0 Å². The van der Waals surface area contributed by atoms with Gasteiger partial charge in [0.25, 0.3) is 0 Å². The molecule has 0 saturated heterocycles. The number of benzene rings is 8. The Morgan fingerprint density at radius 2 is 0.642 bits per heavy atom. The summed E-state index contributed by atoms with van der Waals surface area (Å²) >= 11 is 0. The van der Waals surface area contributed by atoms with Crippen LogP contribution in [0.15, 0.2) is 218 Å². The van der Waals surface area contributed by atoms with Crippen molar-refractivity contribution >= 4 is 93.3 Å². The third-order valence-electron chi connectivity index (χ3n) is 13.7. The highest BCUT2D eigenvalue weighted by Crippen LogP contribution is 2.40. The van der Waals surface area contributed by atoms with Crippen molar-refractivity contribution in [3.05, 3.63) is 218 Å². The molecule has 7 heterocycles. The van der Waals surface area contributed by atoms with Crippen molar-refractivity contribution in [2.75, 3.05) is 0 Å². The fourth-order valence-corrected chi connectivity index (χ4v) is 10.9. The van der Waals surface area contributed by atoms with Crippen LogP contribution < -0.4 is 0 Å². The molecule has 0 aliphatic heterocycles. The number of aromatic nitrogens is 8. The first-order valence-corrected chi connectivity index (χ1v) is 22.6. The molecule has 0 N–H and O–H groups in total. The van der Waals surface area contributed by atoms with Gasteiger partial charge in [-0.1, -0.05) is 133 Å². The average molecular weight is 857 g/mol. The number of fused-ring (bicyclic) bond motifs is 14. The maximum absolute atomic E-state index is 5.83. The SMILES string of the molecule is c1ccc2c(c1)nc1n(-c3nc(-n4c5ccccc5c5ccccc54)ccc3-c3cc(-n4c5ccccc5c5ccccc54)nc(-n4c5ccccc5c5ccccc54)c3)c3ccccc3n21. The smallest absolute Gasteiger partial charge is 0.221 e. The summed E-state index contributed by atoms with van der Waals surface area (Å²) < 4.78 is 11.4. The highest BCUT2D eigenvalue weighted by atomic mass is 15.3. The largest absolute Gasteiger partial charge is 0.294 e. The van der Waals surface area contributed by atoms with E-state index in [1.807, 2.05) is 0 Å². The molecule has 0 spiro atoms. The lowest BCUT2D eigenvalue weighted by molar-refractivity contribution is 0.993. The van der Waals surface area contributed by atoms with E-state index in [1.54, 1.807) is 0 Å². The van der Waals surface area contributed by atoms with Crippen LogP contribution in [0.2, 0.25) is 0 Å². The molecule has 15 aromatic rings. The lowest BCUT2D eigenvalue weighted by Gasteiger charge is -2.18. The normalized spacial score (nSPS) is 12.2. The van der Waals surface area contributed by atoms with Crippen molar-refractivity contribution in [1.29, 1.82) is 0 Å². The first kappa shape index (κ1) is 36.1. The van der Waals surface area contributed by atoms with Crippen LogP contribution in [0.3, 0.4) is 0 Å². The number of rotatable bonds is 5. The maximum atomic E-state index is 5.83. The molecule has 312 valence electrons. The van der Waals surface area contributed by atoms with Gasteiger partial charge in [-0.25, -0.2) is 15.0 Å². The second-order valence-electron chi connectivity index (χ2n) is 17.3. The van der Waals surface area contributed by atoms with Gasteiger partial charge >= 0.3 is 0 Å². The molecule has 67 heavy (non-hydrogen) atoms. The summed E-state index contributed by atoms with van der Waals surface area (Å²) in [5.41, 5.74) is 12.4. The van der Waals surface area contributed by atoms with E-state index in [1.165, 1.54) is 32.3 Å². The van der Waals surface area contributed by atoms with Crippen LogP contribution in [0.25, 0.3) is 128 Å². The molecule has 8 aromatic carbocycles. The van der Waals surface area contributed by atoms with E-state index >= 15 is 0 Å². The molecule has 0 aliphatic carbocycles. The molecule has 7 aromatic heterocycles. The first-order valence-electron chi connectivity index (χ1n) is 22.6. The van der Waals surface area contributed by atoms with Gasteiger partial charge in [-0.2, -0.15) is 0 Å². The summed E-state index contributed by atoms with van der Waals surface area (Å²) in [5, 5.41) is 7.06. The van der Waals surface area contributed by atoms with E-state index < -0.39 is 0 Å². The highest BCUT2D eigenvalue weighted by molar-refractivity contribution is 6.11. The van der Waals surface area contributed by atoms with Gasteiger partial charge < -0.3 is 0 Å². The summed E-state index contributed by atoms with van der Waals surface area (Å²) in [4.78, 5) is 16.9. The second-order valence-corrected chi connectivity index (χ2v) is 17.3. The summed E-state index contributed by atoms with van der Waals surface area (Å²) in [6.07, 6.45) is 0. The zero-order valence-electron chi connectivity index (χ0n) is 35.9. The third-order valence-corrected chi connectivity index (χ3v) is 13.7. The van der Waals surface area contributed by atoms with Gasteiger partial charge in [-0.3, -0.25) is 22.7 Å². The second kappa shape index (κ2) is 13.6. The number of nitrogens with zero attached hydrogens (tertiary/aromatic N) is 8. The Labute approximate surface area is 382 Å². The molecular weight excluding hydrogens is 821 g/mol. The highest BCUT2D eigenvalue weighted by Gasteiger charge is 2.25. The Bertz CT molecular complexity index is 4240. The molecule has 0 amide bonds. The Hall–Kier alpha value is -9.27. The van der Waals surface area contributed by atoms with Crippen molar-refractivity contribution in [1.82, 2.24) is 37.6 Å². The van der Waals surface area contributed by atoms with Gasteiger partial charge in [-0.05, 0) is 90.5 Å². The van der Waals surface area contributed by atoms with Gasteiger partial charge in [0.15, 0.2) is 0 Å². The van der Waals surface area contributed by atoms with E-state index in [2.05, 4.69) is 241 Å². The van der Waals surface area contributed by atoms with Crippen LogP contribution in [-0.4, -0.2) is 37.6 Å². The number of pyridine rings is 2. The third kappa shape index (κ3) is 5.03. The summed E-state index contributed by atoms with van der Waals surface area (Å²) in [7, 11) is 0. The molecule has 0 radical (unpaired) electrons. The van der Waals surface area contributed by atoms with Crippen molar-refractivity contribution in [2.45, 2.75) is 0 Å². The molecule has 8 heteroatoms. The number of hydrogen-bond acceptors (Lipinski definition) is 3. The topological polar surface area (TPSA) is 62.8 Å². The van der Waals surface area contributed by atoms with Gasteiger partial charge in [0.1, 0.15) is 23.3 Å². The predicted octanol–water partition coefficient (Wildman–Crippen LogP) is 14.2. The minimum absolute atomic E-state index is 0.758. The van der Waals surface area contributed by atoms with E-state index in [9.17, 15) is 0 Å². The zero-order chi connectivity index (χ0) is 43.7. The molecule has 0 aliphatic rings. The monoisotopic (exact) mass is 856 g/mol.